The van der Waals surface area contributed by atoms with Crippen LogP contribution in [0.15, 0.2) is 0 Å². The summed E-state index contributed by atoms with van der Waals surface area (Å²) in [6, 6.07) is 0. The van der Waals surface area contributed by atoms with E-state index < -0.39 is 26.8 Å². The molecule has 12 heteroatoms. The molecule has 0 atom stereocenters. The van der Waals surface area contributed by atoms with Crippen molar-refractivity contribution < 1.29 is 47.2 Å². The van der Waals surface area contributed by atoms with Gasteiger partial charge in [0.1, 0.15) is 0 Å². The minimum absolute atomic E-state index is 0.288. The second-order valence-electron chi connectivity index (χ2n) is 6.76. The smallest absolute Gasteiger partial charge is 0.381 e. The van der Waals surface area contributed by atoms with Crippen molar-refractivity contribution in [2.24, 2.45) is 0 Å². The van der Waals surface area contributed by atoms with Crippen molar-refractivity contribution in [3.8, 4) is 0 Å². The van der Waals surface area contributed by atoms with Gasteiger partial charge in [-0.2, -0.15) is 0 Å². The van der Waals surface area contributed by atoms with Gasteiger partial charge in [-0.15, -0.1) is 0 Å². The molecule has 4 N–H and O–H groups in total. The van der Waals surface area contributed by atoms with Gasteiger partial charge in [-0.25, -0.2) is 9.13 Å². The van der Waals surface area contributed by atoms with Crippen molar-refractivity contribution in [3.05, 3.63) is 0 Å². The highest BCUT2D eigenvalue weighted by Gasteiger charge is 2.29. The first-order valence-electron chi connectivity index (χ1n) is 7.80. The summed E-state index contributed by atoms with van der Waals surface area (Å²) in [5, 5.41) is 0. The molecule has 0 fully saturated rings. The molecule has 0 aliphatic carbocycles. The van der Waals surface area contributed by atoms with Crippen molar-refractivity contribution in [2.75, 3.05) is 26.4 Å². The molecule has 0 aromatic heterocycles. The van der Waals surface area contributed by atoms with Crippen LogP contribution in [0.25, 0.3) is 0 Å². The lowest BCUT2D eigenvalue weighted by Gasteiger charge is -2.25. The summed E-state index contributed by atoms with van der Waals surface area (Å²) in [4.78, 5) is 35.1. The number of phosphoric ester groups is 2. The van der Waals surface area contributed by atoms with Crippen LogP contribution < -0.4 is 0 Å². The van der Waals surface area contributed by atoms with E-state index in [-0.39, 0.29) is 13.2 Å². The predicted molar refractivity (Wildman–Crippen MR) is 89.9 cm³/mol. The maximum Gasteiger partial charge on any atom is 0.470 e. The van der Waals surface area contributed by atoms with Crippen molar-refractivity contribution in [3.63, 3.8) is 0 Å². The lowest BCUT2D eigenvalue weighted by Crippen LogP contribution is -2.25. The fraction of sp³-hybridized carbons (Fsp3) is 1.00. The van der Waals surface area contributed by atoms with Gasteiger partial charge in [0.25, 0.3) is 0 Å². The van der Waals surface area contributed by atoms with E-state index in [9.17, 15) is 9.13 Å². The Morgan fingerprint density at radius 2 is 1.00 bits per heavy atom. The zero-order chi connectivity index (χ0) is 19.8. The summed E-state index contributed by atoms with van der Waals surface area (Å²) in [6.45, 7) is 7.68. The van der Waals surface area contributed by atoms with E-state index in [4.69, 9.17) is 29.0 Å². The summed E-state index contributed by atoms with van der Waals surface area (Å²) in [6.07, 6.45) is 1.26. The van der Waals surface area contributed by atoms with Gasteiger partial charge in [-0.3, -0.25) is 9.05 Å². The van der Waals surface area contributed by atoms with Crippen LogP contribution >= 0.6 is 15.6 Å². The maximum absolute atomic E-state index is 10.8. The minimum atomic E-state index is -4.52. The normalized spacial score (nSPS) is 14.1. The van der Waals surface area contributed by atoms with Gasteiger partial charge < -0.3 is 29.0 Å². The molecule has 0 unspecified atom stereocenters. The lowest BCUT2D eigenvalue weighted by atomic mass is 10.1. The Kier molecular flexibility index (Phi) is 10.5. The standard InChI is InChI=1S/C13H30O10P2/c1-12(2,22-24(14,15)16)6-10-20-8-5-9-21-11-7-13(3,4)23-25(17,18)19/h5-11H2,1-4H3,(H2,14,15,16)(H2,17,18,19). The third-order valence-electron chi connectivity index (χ3n) is 3.01. The minimum Gasteiger partial charge on any atom is -0.381 e. The lowest BCUT2D eigenvalue weighted by molar-refractivity contribution is 0.0111. The van der Waals surface area contributed by atoms with E-state index in [1.807, 2.05) is 0 Å². The first-order chi connectivity index (χ1) is 11.1. The van der Waals surface area contributed by atoms with Crippen LogP contribution in [0, 0.1) is 0 Å². The van der Waals surface area contributed by atoms with Gasteiger partial charge in [0, 0.05) is 26.4 Å². The number of phosphoric acid groups is 2. The molecule has 10 nitrogen and oxygen atoms in total. The number of hydrogen-bond acceptors (Lipinski definition) is 6. The highest BCUT2D eigenvalue weighted by atomic mass is 31.2. The Bertz CT molecular complexity index is 425. The molecular formula is C13H30O10P2. The largest absolute Gasteiger partial charge is 0.470 e. The molecule has 0 rings (SSSR count). The van der Waals surface area contributed by atoms with E-state index in [0.29, 0.717) is 32.5 Å². The average molecular weight is 408 g/mol. The zero-order valence-corrected chi connectivity index (χ0v) is 16.9. The van der Waals surface area contributed by atoms with Gasteiger partial charge >= 0.3 is 15.6 Å². The number of ether oxygens (including phenoxy) is 2. The highest BCUT2D eigenvalue weighted by Crippen LogP contribution is 2.43. The van der Waals surface area contributed by atoms with Crippen molar-refractivity contribution in [1.82, 2.24) is 0 Å². The summed E-state index contributed by atoms with van der Waals surface area (Å²) in [5.41, 5.74) is -1.97. The molecule has 0 saturated carbocycles. The van der Waals surface area contributed by atoms with Crippen LogP contribution in [0.5, 0.6) is 0 Å². The van der Waals surface area contributed by atoms with Gasteiger partial charge in [0.05, 0.1) is 11.2 Å². The van der Waals surface area contributed by atoms with Crippen LogP contribution in [0.2, 0.25) is 0 Å². The molecule has 0 amide bonds. The van der Waals surface area contributed by atoms with Crippen LogP contribution in [-0.2, 0) is 27.7 Å². The first kappa shape index (κ1) is 25.1. The molecule has 152 valence electrons. The second-order valence-corrected chi connectivity index (χ2v) is 9.09. The SMILES string of the molecule is CC(C)(CCOCCCOCCC(C)(C)OP(=O)(O)O)OP(=O)(O)O. The predicted octanol–water partition coefficient (Wildman–Crippen LogP) is 1.97. The van der Waals surface area contributed by atoms with Gasteiger partial charge in [-0.05, 0) is 47.0 Å². The van der Waals surface area contributed by atoms with E-state index in [1.165, 1.54) is 0 Å². The Balaban J connectivity index is 3.69. The molecule has 0 aromatic carbocycles. The fourth-order valence-corrected chi connectivity index (χ4v) is 3.31. The molecule has 0 heterocycles. The van der Waals surface area contributed by atoms with Crippen LogP contribution in [0.1, 0.15) is 47.0 Å². The molecule has 0 spiro atoms. The van der Waals surface area contributed by atoms with E-state index >= 15 is 0 Å². The third kappa shape index (κ3) is 17.3. The molecular weight excluding hydrogens is 378 g/mol. The number of rotatable bonds is 14. The average Bonchev–Trinajstić information content (AvgIpc) is 2.30. The Labute approximate surface area is 148 Å². The molecule has 0 saturated heterocycles. The molecule has 0 aliphatic rings. The summed E-state index contributed by atoms with van der Waals surface area (Å²) in [7, 11) is -9.05. The molecule has 25 heavy (non-hydrogen) atoms. The Morgan fingerprint density at radius 1 is 0.680 bits per heavy atom. The molecule has 0 aromatic rings. The number of hydrogen-bond donors (Lipinski definition) is 4. The highest BCUT2D eigenvalue weighted by molar-refractivity contribution is 7.46. The second kappa shape index (κ2) is 10.5. The molecule has 0 bridgehead atoms. The van der Waals surface area contributed by atoms with Gasteiger partial charge in [0.2, 0.25) is 0 Å². The monoisotopic (exact) mass is 408 g/mol. The summed E-state index contributed by atoms with van der Waals surface area (Å²) in [5.74, 6) is 0. The maximum atomic E-state index is 10.8. The van der Waals surface area contributed by atoms with E-state index in [1.54, 1.807) is 27.7 Å². The Hall–Kier alpha value is 0.140. The summed E-state index contributed by atoms with van der Waals surface area (Å²) < 4.78 is 41.6. The van der Waals surface area contributed by atoms with Crippen LogP contribution in [0.3, 0.4) is 0 Å². The molecule has 0 aliphatic heterocycles. The zero-order valence-electron chi connectivity index (χ0n) is 15.1. The topological polar surface area (TPSA) is 152 Å². The van der Waals surface area contributed by atoms with E-state index in [0.717, 1.165) is 0 Å². The quantitative estimate of drug-likeness (QED) is 0.248. The van der Waals surface area contributed by atoms with E-state index in [2.05, 4.69) is 9.05 Å². The van der Waals surface area contributed by atoms with Crippen molar-refractivity contribution in [2.45, 2.75) is 58.2 Å². The van der Waals surface area contributed by atoms with Crippen LogP contribution in [-0.4, -0.2) is 57.2 Å². The fourth-order valence-electron chi connectivity index (χ4n) is 1.84. The van der Waals surface area contributed by atoms with Gasteiger partial charge in [-0.1, -0.05) is 0 Å². The van der Waals surface area contributed by atoms with Crippen LogP contribution in [0.4, 0.5) is 0 Å². The van der Waals surface area contributed by atoms with Crippen molar-refractivity contribution >= 4 is 15.6 Å². The van der Waals surface area contributed by atoms with Crippen molar-refractivity contribution in [1.29, 1.82) is 0 Å². The third-order valence-corrected chi connectivity index (χ3v) is 4.47. The first-order valence-corrected chi connectivity index (χ1v) is 10.9. The van der Waals surface area contributed by atoms with Gasteiger partial charge in [0.15, 0.2) is 0 Å². The molecule has 0 radical (unpaired) electrons. The Morgan fingerprint density at radius 3 is 1.28 bits per heavy atom. The summed E-state index contributed by atoms with van der Waals surface area (Å²) >= 11 is 0.